The molecule has 4 N–H and O–H groups in total. The van der Waals surface area contributed by atoms with E-state index in [1.165, 1.54) is 23.8 Å². The second-order valence-electron chi connectivity index (χ2n) is 10.4. The number of piperidine rings is 1. The molecule has 0 bridgehead atoms. The third kappa shape index (κ3) is 8.26. The lowest BCUT2D eigenvalue weighted by Crippen LogP contribution is -2.53. The first kappa shape index (κ1) is 30.6. The number of nitrogens with two attached hydrogens (primary N) is 1. The maximum absolute atomic E-state index is 12.8. The number of hydrogen-bond donors (Lipinski definition) is 3. The van der Waals surface area contributed by atoms with E-state index in [-0.39, 0.29) is 23.3 Å². The van der Waals surface area contributed by atoms with Crippen molar-refractivity contribution >= 4 is 29.4 Å². The fourth-order valence-corrected chi connectivity index (χ4v) is 4.77. The van der Waals surface area contributed by atoms with Crippen molar-refractivity contribution in [2.45, 2.75) is 70.0 Å². The molecule has 1 saturated heterocycles. The number of rotatable bonds is 5. The van der Waals surface area contributed by atoms with E-state index in [4.69, 9.17) is 15.8 Å². The van der Waals surface area contributed by atoms with Gasteiger partial charge in [0.15, 0.2) is 5.82 Å². The van der Waals surface area contributed by atoms with Crippen molar-refractivity contribution < 1.29 is 27.6 Å². The van der Waals surface area contributed by atoms with Crippen molar-refractivity contribution in [3.8, 4) is 6.07 Å². The molecule has 1 aliphatic heterocycles. The molecule has 1 aliphatic carbocycles. The SMILES string of the molecule is CC(C)(N)C(=O)N1CCC(c2ccc(NC(=O)c3ncc(C#N)[nH]3)c(C3=CCCCC3)c2)CC1.O=CC(F)(F)F. The number of halogens is 3. The Balaban J connectivity index is 0.000000663. The van der Waals surface area contributed by atoms with Crippen LogP contribution in [0.15, 0.2) is 30.5 Å². The molecule has 0 saturated carbocycles. The summed E-state index contributed by atoms with van der Waals surface area (Å²) in [6, 6.07) is 8.19. The Morgan fingerprint density at radius 2 is 1.90 bits per heavy atom. The van der Waals surface area contributed by atoms with E-state index in [0.717, 1.165) is 43.4 Å². The van der Waals surface area contributed by atoms with E-state index in [1.54, 1.807) is 13.8 Å². The van der Waals surface area contributed by atoms with Crippen LogP contribution in [-0.4, -0.2) is 57.8 Å². The number of nitriles is 1. The fourth-order valence-electron chi connectivity index (χ4n) is 4.77. The molecular weight excluding hydrogens is 525 g/mol. The maximum atomic E-state index is 12.8. The van der Waals surface area contributed by atoms with Gasteiger partial charge in [-0.05, 0) is 81.6 Å². The highest BCUT2D eigenvalue weighted by molar-refractivity contribution is 6.03. The maximum Gasteiger partial charge on any atom is 0.446 e. The van der Waals surface area contributed by atoms with Crippen molar-refractivity contribution in [1.82, 2.24) is 14.9 Å². The van der Waals surface area contributed by atoms with E-state index in [9.17, 15) is 22.8 Å². The zero-order valence-corrected chi connectivity index (χ0v) is 22.5. The van der Waals surface area contributed by atoms with Crippen molar-refractivity contribution in [1.29, 1.82) is 5.26 Å². The highest BCUT2D eigenvalue weighted by atomic mass is 19.4. The minimum absolute atomic E-state index is 0.00505. The molecule has 2 heterocycles. The topological polar surface area (TPSA) is 145 Å². The van der Waals surface area contributed by atoms with Crippen LogP contribution in [0.25, 0.3) is 5.57 Å². The number of anilines is 1. The highest BCUT2D eigenvalue weighted by Gasteiger charge is 2.31. The smallest absolute Gasteiger partial charge is 0.341 e. The zero-order chi connectivity index (χ0) is 29.5. The fraction of sp³-hybridized carbons (Fsp3) is 0.464. The summed E-state index contributed by atoms with van der Waals surface area (Å²) in [5.74, 6) is 0.0858. The lowest BCUT2D eigenvalue weighted by Gasteiger charge is -2.36. The van der Waals surface area contributed by atoms with E-state index >= 15 is 0 Å². The van der Waals surface area contributed by atoms with Gasteiger partial charge in [-0.2, -0.15) is 18.4 Å². The Bertz CT molecular complexity index is 1300. The van der Waals surface area contributed by atoms with Crippen LogP contribution < -0.4 is 11.1 Å². The van der Waals surface area contributed by atoms with Crippen molar-refractivity contribution in [3.05, 3.63) is 53.1 Å². The normalized spacial score (nSPS) is 16.2. The van der Waals surface area contributed by atoms with Crippen LogP contribution in [0.5, 0.6) is 0 Å². The van der Waals surface area contributed by atoms with Crippen molar-refractivity contribution in [3.63, 3.8) is 0 Å². The average molecular weight is 559 g/mol. The van der Waals surface area contributed by atoms with Gasteiger partial charge in [0.2, 0.25) is 12.2 Å². The number of benzene rings is 1. The summed E-state index contributed by atoms with van der Waals surface area (Å²) in [4.78, 5) is 42.6. The van der Waals surface area contributed by atoms with Gasteiger partial charge in [-0.3, -0.25) is 14.4 Å². The number of hydrogen-bond acceptors (Lipinski definition) is 6. The van der Waals surface area contributed by atoms with Gasteiger partial charge in [0, 0.05) is 24.3 Å². The number of carbonyl (C=O) groups excluding carboxylic acids is 3. The number of aromatic nitrogens is 2. The van der Waals surface area contributed by atoms with Crippen LogP contribution in [0, 0.1) is 11.3 Å². The van der Waals surface area contributed by atoms with Crippen LogP contribution in [0.3, 0.4) is 0 Å². The number of allylic oxidation sites excluding steroid dienone is 2. The second kappa shape index (κ2) is 12.9. The summed E-state index contributed by atoms with van der Waals surface area (Å²) in [5, 5.41) is 12.0. The van der Waals surface area contributed by atoms with Crippen LogP contribution in [0.4, 0.5) is 18.9 Å². The van der Waals surface area contributed by atoms with Crippen molar-refractivity contribution in [2.75, 3.05) is 18.4 Å². The van der Waals surface area contributed by atoms with Gasteiger partial charge in [0.05, 0.1) is 11.7 Å². The van der Waals surface area contributed by atoms with Gasteiger partial charge < -0.3 is 20.9 Å². The summed E-state index contributed by atoms with van der Waals surface area (Å²) < 4.78 is 31.2. The molecule has 1 aromatic heterocycles. The van der Waals surface area contributed by atoms with Gasteiger partial charge in [0.1, 0.15) is 11.8 Å². The molecular formula is C28H33F3N6O3. The van der Waals surface area contributed by atoms with Gasteiger partial charge in [-0.15, -0.1) is 0 Å². The number of likely N-dealkylation sites (tertiary alicyclic amines) is 1. The third-order valence-corrected chi connectivity index (χ3v) is 6.78. The predicted molar refractivity (Wildman–Crippen MR) is 143 cm³/mol. The van der Waals surface area contributed by atoms with E-state index in [1.807, 2.05) is 17.0 Å². The number of amides is 2. The Morgan fingerprint density at radius 1 is 1.23 bits per heavy atom. The molecule has 0 spiro atoms. The molecule has 9 nitrogen and oxygen atoms in total. The van der Waals surface area contributed by atoms with Gasteiger partial charge in [-0.25, -0.2) is 4.98 Å². The first-order valence-corrected chi connectivity index (χ1v) is 13.0. The first-order valence-electron chi connectivity index (χ1n) is 13.0. The minimum atomic E-state index is -4.64. The number of carbonyl (C=O) groups is 3. The molecule has 0 radical (unpaired) electrons. The number of nitrogens with one attached hydrogen (secondary N) is 2. The van der Waals surface area contributed by atoms with E-state index < -0.39 is 18.0 Å². The van der Waals surface area contributed by atoms with Crippen LogP contribution in [0.2, 0.25) is 0 Å². The predicted octanol–water partition coefficient (Wildman–Crippen LogP) is 4.68. The van der Waals surface area contributed by atoms with E-state index in [0.29, 0.717) is 19.0 Å². The van der Waals surface area contributed by atoms with E-state index in [2.05, 4.69) is 33.5 Å². The third-order valence-electron chi connectivity index (χ3n) is 6.78. The number of alkyl halides is 3. The zero-order valence-electron chi connectivity index (χ0n) is 22.5. The summed E-state index contributed by atoms with van der Waals surface area (Å²) in [6.07, 6.45) is 4.00. The lowest BCUT2D eigenvalue weighted by atomic mass is 9.85. The molecule has 4 rings (SSSR count). The molecule has 0 atom stereocenters. The summed E-state index contributed by atoms with van der Waals surface area (Å²) in [5.41, 5.74) is 9.67. The van der Waals surface area contributed by atoms with Gasteiger partial charge >= 0.3 is 6.18 Å². The molecule has 1 fully saturated rings. The van der Waals surface area contributed by atoms with Crippen LogP contribution in [0.1, 0.15) is 85.7 Å². The quantitative estimate of drug-likeness (QED) is 0.455. The number of aromatic amines is 1. The first-order chi connectivity index (χ1) is 18.8. The van der Waals surface area contributed by atoms with Crippen molar-refractivity contribution in [2.24, 2.45) is 5.73 Å². The Kier molecular flexibility index (Phi) is 9.87. The number of aldehydes is 1. The Labute approximate surface area is 230 Å². The molecule has 2 aromatic rings. The van der Waals surface area contributed by atoms with Crippen LogP contribution in [-0.2, 0) is 9.59 Å². The minimum Gasteiger partial charge on any atom is -0.341 e. The lowest BCUT2D eigenvalue weighted by molar-refractivity contribution is -0.156. The Morgan fingerprint density at radius 3 is 2.42 bits per heavy atom. The van der Waals surface area contributed by atoms with Gasteiger partial charge in [-0.1, -0.05) is 12.1 Å². The van der Waals surface area contributed by atoms with Gasteiger partial charge in [0.25, 0.3) is 5.91 Å². The summed E-state index contributed by atoms with van der Waals surface area (Å²) in [6.45, 7) is 4.89. The summed E-state index contributed by atoms with van der Waals surface area (Å²) >= 11 is 0. The van der Waals surface area contributed by atoms with Crippen LogP contribution >= 0.6 is 0 Å². The molecule has 214 valence electrons. The molecule has 40 heavy (non-hydrogen) atoms. The largest absolute Gasteiger partial charge is 0.446 e. The number of imidazole rings is 1. The molecule has 2 amide bonds. The Hall–Kier alpha value is -3.98. The highest BCUT2D eigenvalue weighted by Crippen LogP contribution is 2.36. The second-order valence-corrected chi connectivity index (χ2v) is 10.4. The molecule has 1 aromatic carbocycles. The molecule has 12 heteroatoms. The average Bonchev–Trinajstić information content (AvgIpc) is 3.43. The summed E-state index contributed by atoms with van der Waals surface area (Å²) in [7, 11) is 0. The standard InChI is InChI=1S/C26H32N6O2.C2HF3O/c1-26(2,28)25(34)32-12-10-17(11-13-32)19-8-9-22(21(14-19)18-6-4-3-5-7-18)31-24(33)23-29-16-20(15-27)30-23;3-2(4,5)1-6/h6,8-9,14,16-17H,3-5,7,10-13,28H2,1-2H3,(H,29,30)(H,31,33);1H. The number of nitrogens with zero attached hydrogens (tertiary/aromatic N) is 3. The number of H-pyrrole nitrogens is 1. The molecule has 0 unspecified atom stereocenters. The monoisotopic (exact) mass is 558 g/mol. The molecule has 2 aliphatic rings.